The fourth-order valence-electron chi connectivity index (χ4n) is 1.86. The standard InChI is InChI=1S/C13H10Cl2N6O/c14-8-3-7(12(22)10(15)4-8)5-16-9-1-2-11(17-6-9)13-18-20-21-19-13/h1-4,6,16,22H,5H2,(H,18,19,20,21). The molecule has 0 radical (unpaired) electrons. The zero-order valence-corrected chi connectivity index (χ0v) is 12.6. The van der Waals surface area contributed by atoms with Gasteiger partial charge in [0.25, 0.3) is 0 Å². The number of benzene rings is 1. The Morgan fingerprint density at radius 1 is 1.23 bits per heavy atom. The SMILES string of the molecule is Oc1c(Cl)cc(Cl)cc1CNc1ccc(-c2nnn[nH]2)nc1. The minimum absolute atomic E-state index is 0.0101. The van der Waals surface area contributed by atoms with Crippen LogP contribution in [0, 0.1) is 0 Å². The zero-order valence-electron chi connectivity index (χ0n) is 11.1. The van der Waals surface area contributed by atoms with Gasteiger partial charge in [0.1, 0.15) is 11.4 Å². The predicted molar refractivity (Wildman–Crippen MR) is 82.9 cm³/mol. The zero-order chi connectivity index (χ0) is 15.5. The highest BCUT2D eigenvalue weighted by Gasteiger charge is 2.08. The van der Waals surface area contributed by atoms with E-state index in [1.54, 1.807) is 18.3 Å². The molecular weight excluding hydrogens is 327 g/mol. The minimum Gasteiger partial charge on any atom is -0.506 e. The molecule has 0 aliphatic heterocycles. The fourth-order valence-corrected chi connectivity index (χ4v) is 2.39. The summed E-state index contributed by atoms with van der Waals surface area (Å²) < 4.78 is 0. The summed E-state index contributed by atoms with van der Waals surface area (Å²) in [5.74, 6) is 0.502. The van der Waals surface area contributed by atoms with Gasteiger partial charge in [0, 0.05) is 17.1 Å². The first-order chi connectivity index (χ1) is 10.6. The summed E-state index contributed by atoms with van der Waals surface area (Å²) >= 11 is 11.8. The van der Waals surface area contributed by atoms with E-state index in [0.29, 0.717) is 28.6 Å². The normalized spacial score (nSPS) is 10.6. The third-order valence-electron chi connectivity index (χ3n) is 2.94. The molecule has 0 amide bonds. The first-order valence-corrected chi connectivity index (χ1v) is 7.00. The van der Waals surface area contributed by atoms with Gasteiger partial charge >= 0.3 is 0 Å². The monoisotopic (exact) mass is 336 g/mol. The second-order valence-corrected chi connectivity index (χ2v) is 5.27. The van der Waals surface area contributed by atoms with Crippen molar-refractivity contribution in [3.05, 3.63) is 46.1 Å². The van der Waals surface area contributed by atoms with Crippen molar-refractivity contribution in [2.75, 3.05) is 5.32 Å². The molecule has 22 heavy (non-hydrogen) atoms. The Labute approximate surface area is 135 Å². The predicted octanol–water partition coefficient (Wildman–Crippen LogP) is 2.89. The van der Waals surface area contributed by atoms with E-state index < -0.39 is 0 Å². The molecule has 0 fully saturated rings. The van der Waals surface area contributed by atoms with Gasteiger partial charge in [0.15, 0.2) is 5.82 Å². The van der Waals surface area contributed by atoms with Crippen LogP contribution < -0.4 is 5.32 Å². The van der Waals surface area contributed by atoms with Crippen LogP contribution in [0.1, 0.15) is 5.56 Å². The molecule has 0 unspecified atom stereocenters. The highest BCUT2D eigenvalue weighted by Crippen LogP contribution is 2.31. The summed E-state index contributed by atoms with van der Waals surface area (Å²) in [5, 5.41) is 27.1. The minimum atomic E-state index is 0.0101. The van der Waals surface area contributed by atoms with Gasteiger partial charge in [-0.1, -0.05) is 23.2 Å². The van der Waals surface area contributed by atoms with E-state index in [1.807, 2.05) is 6.07 Å². The number of H-pyrrole nitrogens is 1. The van der Waals surface area contributed by atoms with Crippen molar-refractivity contribution in [2.24, 2.45) is 0 Å². The lowest BCUT2D eigenvalue weighted by Crippen LogP contribution is -2.00. The second kappa shape index (κ2) is 6.17. The Bertz CT molecular complexity index is 776. The highest BCUT2D eigenvalue weighted by molar-refractivity contribution is 6.35. The van der Waals surface area contributed by atoms with Crippen LogP contribution in [0.2, 0.25) is 10.0 Å². The molecule has 0 saturated heterocycles. The molecule has 7 nitrogen and oxygen atoms in total. The molecule has 0 aliphatic carbocycles. The van der Waals surface area contributed by atoms with Crippen molar-refractivity contribution in [3.63, 3.8) is 0 Å². The van der Waals surface area contributed by atoms with Gasteiger partial charge in [-0.05, 0) is 34.7 Å². The molecule has 2 heterocycles. The molecule has 3 aromatic rings. The van der Waals surface area contributed by atoms with E-state index in [-0.39, 0.29) is 10.8 Å². The van der Waals surface area contributed by atoms with Gasteiger partial charge in [-0.15, -0.1) is 5.10 Å². The van der Waals surface area contributed by atoms with Crippen LogP contribution in [0.3, 0.4) is 0 Å². The largest absolute Gasteiger partial charge is 0.506 e. The van der Waals surface area contributed by atoms with E-state index in [4.69, 9.17) is 23.2 Å². The quantitative estimate of drug-likeness (QED) is 0.677. The Hall–Kier alpha value is -2.38. The lowest BCUT2D eigenvalue weighted by atomic mass is 10.2. The van der Waals surface area contributed by atoms with Crippen molar-refractivity contribution in [1.82, 2.24) is 25.6 Å². The summed E-state index contributed by atoms with van der Waals surface area (Å²) in [6.45, 7) is 0.358. The summed E-state index contributed by atoms with van der Waals surface area (Å²) in [6.07, 6.45) is 1.64. The Morgan fingerprint density at radius 2 is 2.09 bits per heavy atom. The highest BCUT2D eigenvalue weighted by atomic mass is 35.5. The number of phenols is 1. The Kier molecular flexibility index (Phi) is 4.08. The van der Waals surface area contributed by atoms with Gasteiger partial charge in [0.2, 0.25) is 0 Å². The maximum atomic E-state index is 9.90. The lowest BCUT2D eigenvalue weighted by molar-refractivity contribution is 0.469. The molecule has 0 aliphatic rings. The molecule has 0 spiro atoms. The van der Waals surface area contributed by atoms with Gasteiger partial charge in [-0.25, -0.2) is 5.10 Å². The van der Waals surface area contributed by atoms with Crippen LogP contribution >= 0.6 is 23.2 Å². The van der Waals surface area contributed by atoms with Crippen molar-refractivity contribution in [1.29, 1.82) is 0 Å². The van der Waals surface area contributed by atoms with E-state index in [0.717, 1.165) is 5.69 Å². The number of phenolic OH excluding ortho intramolecular Hbond substituents is 1. The van der Waals surface area contributed by atoms with Crippen molar-refractivity contribution in [3.8, 4) is 17.3 Å². The van der Waals surface area contributed by atoms with Crippen LogP contribution in [-0.4, -0.2) is 30.7 Å². The van der Waals surface area contributed by atoms with Crippen molar-refractivity contribution >= 4 is 28.9 Å². The topological polar surface area (TPSA) is 99.6 Å². The maximum absolute atomic E-state index is 9.90. The first-order valence-electron chi connectivity index (χ1n) is 6.24. The second-order valence-electron chi connectivity index (χ2n) is 4.43. The van der Waals surface area contributed by atoms with E-state index in [9.17, 15) is 5.11 Å². The number of nitrogens with one attached hydrogen (secondary N) is 2. The van der Waals surface area contributed by atoms with Crippen molar-refractivity contribution < 1.29 is 5.11 Å². The summed E-state index contributed by atoms with van der Waals surface area (Å²) in [4.78, 5) is 4.24. The Balaban J connectivity index is 1.72. The molecule has 2 aromatic heterocycles. The Morgan fingerprint density at radius 3 is 2.77 bits per heavy atom. The smallest absolute Gasteiger partial charge is 0.198 e. The number of halogens is 2. The van der Waals surface area contributed by atoms with Gasteiger partial charge < -0.3 is 10.4 Å². The average molecular weight is 337 g/mol. The molecule has 9 heteroatoms. The molecule has 1 aromatic carbocycles. The number of aromatic hydroxyl groups is 1. The lowest BCUT2D eigenvalue weighted by Gasteiger charge is -2.10. The summed E-state index contributed by atoms with van der Waals surface area (Å²) in [5.41, 5.74) is 2.00. The maximum Gasteiger partial charge on any atom is 0.198 e. The third-order valence-corrected chi connectivity index (χ3v) is 3.45. The molecule has 0 atom stereocenters. The summed E-state index contributed by atoms with van der Waals surface area (Å²) in [7, 11) is 0. The van der Waals surface area contributed by atoms with Crippen LogP contribution in [0.4, 0.5) is 5.69 Å². The van der Waals surface area contributed by atoms with Crippen LogP contribution in [0.15, 0.2) is 30.5 Å². The molecular formula is C13H10Cl2N6O. The van der Waals surface area contributed by atoms with Gasteiger partial charge in [-0.3, -0.25) is 4.98 Å². The van der Waals surface area contributed by atoms with Gasteiger partial charge in [0.05, 0.1) is 16.9 Å². The fraction of sp³-hybridized carbons (Fsp3) is 0.0769. The van der Waals surface area contributed by atoms with E-state index in [1.165, 1.54) is 6.07 Å². The molecule has 0 bridgehead atoms. The number of aromatic amines is 1. The van der Waals surface area contributed by atoms with Crippen LogP contribution in [-0.2, 0) is 6.54 Å². The number of aromatic nitrogens is 5. The van der Waals surface area contributed by atoms with Gasteiger partial charge in [-0.2, -0.15) is 0 Å². The number of nitrogens with zero attached hydrogens (tertiary/aromatic N) is 4. The number of tetrazole rings is 1. The molecule has 112 valence electrons. The van der Waals surface area contributed by atoms with E-state index in [2.05, 4.69) is 30.9 Å². The summed E-state index contributed by atoms with van der Waals surface area (Å²) in [6, 6.07) is 6.74. The van der Waals surface area contributed by atoms with Crippen LogP contribution in [0.5, 0.6) is 5.75 Å². The average Bonchev–Trinajstić information content (AvgIpc) is 3.04. The first kappa shape index (κ1) is 14.6. The molecule has 3 N–H and O–H groups in total. The van der Waals surface area contributed by atoms with Crippen LogP contribution in [0.25, 0.3) is 11.5 Å². The van der Waals surface area contributed by atoms with E-state index >= 15 is 0 Å². The number of anilines is 1. The number of hydrogen-bond donors (Lipinski definition) is 3. The molecule has 3 rings (SSSR count). The number of rotatable bonds is 4. The third kappa shape index (κ3) is 3.10. The molecule has 0 saturated carbocycles. The van der Waals surface area contributed by atoms with Crippen molar-refractivity contribution in [2.45, 2.75) is 6.54 Å². The number of hydrogen-bond acceptors (Lipinski definition) is 6. The number of pyridine rings is 1.